The van der Waals surface area contributed by atoms with Crippen LogP contribution < -0.4 is 4.74 Å². The highest BCUT2D eigenvalue weighted by atomic mass is 16.6. The van der Waals surface area contributed by atoms with Crippen LogP contribution in [0.4, 0.5) is 11.4 Å². The van der Waals surface area contributed by atoms with Gasteiger partial charge in [0.2, 0.25) is 5.69 Å². The van der Waals surface area contributed by atoms with Crippen LogP contribution in [-0.4, -0.2) is 28.7 Å². The lowest BCUT2D eigenvalue weighted by atomic mass is 9.81. The Balaban J connectivity index is 1.80. The van der Waals surface area contributed by atoms with Gasteiger partial charge in [-0.05, 0) is 43.7 Å². The number of fused-ring (bicyclic) bond motifs is 1. The summed E-state index contributed by atoms with van der Waals surface area (Å²) in [7, 11) is 2.01. The molecule has 0 bridgehead atoms. The fourth-order valence-electron chi connectivity index (χ4n) is 3.46. The van der Waals surface area contributed by atoms with Crippen LogP contribution in [0.2, 0.25) is 0 Å². The molecule has 0 amide bonds. The van der Waals surface area contributed by atoms with E-state index in [1.807, 2.05) is 43.5 Å². The van der Waals surface area contributed by atoms with Crippen molar-refractivity contribution < 1.29 is 19.0 Å². The van der Waals surface area contributed by atoms with Crippen LogP contribution in [0.25, 0.3) is 6.08 Å². The van der Waals surface area contributed by atoms with Crippen molar-refractivity contribution in [1.82, 2.24) is 0 Å². The molecule has 0 spiro atoms. The van der Waals surface area contributed by atoms with E-state index in [-0.39, 0.29) is 11.1 Å². The Morgan fingerprint density at radius 1 is 1.07 bits per heavy atom. The highest BCUT2D eigenvalue weighted by Gasteiger charge is 2.43. The van der Waals surface area contributed by atoms with Crippen molar-refractivity contribution in [3.8, 4) is 5.75 Å². The Hall–Kier alpha value is -3.54. The van der Waals surface area contributed by atoms with Gasteiger partial charge in [-0.15, -0.1) is 0 Å². The molecule has 3 rings (SSSR count). The van der Waals surface area contributed by atoms with Crippen LogP contribution in [0, 0.1) is 10.1 Å². The number of non-ortho nitro benzene ring substituents is 1. The Morgan fingerprint density at radius 3 is 2.39 bits per heavy atom. The van der Waals surface area contributed by atoms with Crippen molar-refractivity contribution in [2.24, 2.45) is 0 Å². The molecule has 28 heavy (non-hydrogen) atoms. The van der Waals surface area contributed by atoms with E-state index in [4.69, 9.17) is 4.74 Å². The van der Waals surface area contributed by atoms with E-state index >= 15 is 0 Å². The summed E-state index contributed by atoms with van der Waals surface area (Å²) in [6.45, 7) is 4.68. The summed E-state index contributed by atoms with van der Waals surface area (Å²) in [4.78, 5) is 20.9. The van der Waals surface area contributed by atoms with Gasteiger partial charge in [-0.3, -0.25) is 14.9 Å². The lowest BCUT2D eigenvalue weighted by molar-refractivity contribution is -0.401. The number of nitrogens with zero attached hydrogens (tertiary/aromatic N) is 2. The van der Waals surface area contributed by atoms with E-state index < -0.39 is 4.92 Å². The number of hydrogen-bond acceptors (Lipinski definition) is 4. The smallest absolute Gasteiger partial charge is 0.298 e. The second-order valence-electron chi connectivity index (χ2n) is 7.03. The lowest BCUT2D eigenvalue weighted by Crippen LogP contribution is -2.26. The third-order valence-corrected chi connectivity index (χ3v) is 4.95. The minimum atomic E-state index is -0.411. The highest BCUT2D eigenvalue weighted by molar-refractivity contribution is 6.03. The second kappa shape index (κ2) is 7.60. The summed E-state index contributed by atoms with van der Waals surface area (Å²) >= 11 is 0. The lowest BCUT2D eigenvalue weighted by Gasteiger charge is -2.15. The predicted octanol–water partition coefficient (Wildman–Crippen LogP) is 4.41. The summed E-state index contributed by atoms with van der Waals surface area (Å²) in [5.41, 5.74) is 3.99. The summed E-state index contributed by atoms with van der Waals surface area (Å²) < 4.78 is 7.11. The first-order valence-electron chi connectivity index (χ1n) is 8.80. The largest absolute Gasteiger partial charge is 0.429 e. The van der Waals surface area contributed by atoms with Crippen molar-refractivity contribution in [3.05, 3.63) is 81.9 Å². The average Bonchev–Trinajstić information content (AvgIpc) is 2.85. The fourth-order valence-corrected chi connectivity index (χ4v) is 3.46. The minimum absolute atomic E-state index is 0.0771. The molecule has 1 heterocycles. The Morgan fingerprint density at radius 2 is 1.75 bits per heavy atom. The van der Waals surface area contributed by atoms with Gasteiger partial charge in [0, 0.05) is 29.8 Å². The standard InChI is InChI=1S/C22H21N2O4/c1-22(2)19-14-18(28-15-25)12-13-20(19)23(3)21(22)7-5-4-6-16-8-10-17(11-9-16)24(26)27/h4-15H,1-3H3/q+1. The number of carbonyl (C=O) groups excluding carboxylic acids is 1. The Kier molecular flexibility index (Phi) is 5.22. The molecule has 0 atom stereocenters. The van der Waals surface area contributed by atoms with E-state index in [2.05, 4.69) is 18.4 Å². The van der Waals surface area contributed by atoms with Gasteiger partial charge in [0.25, 0.3) is 12.2 Å². The van der Waals surface area contributed by atoms with Crippen LogP contribution >= 0.6 is 0 Å². The van der Waals surface area contributed by atoms with Crippen molar-refractivity contribution in [1.29, 1.82) is 0 Å². The van der Waals surface area contributed by atoms with E-state index in [0.717, 1.165) is 22.5 Å². The summed E-state index contributed by atoms with van der Waals surface area (Å²) in [5, 5.41) is 10.7. The van der Waals surface area contributed by atoms with Crippen LogP contribution in [0.1, 0.15) is 25.0 Å². The third kappa shape index (κ3) is 3.62. The minimum Gasteiger partial charge on any atom is -0.429 e. The fraction of sp³-hybridized carbons (Fsp3) is 0.182. The molecule has 1 aliphatic heterocycles. The number of rotatable bonds is 6. The number of carbonyl (C=O) groups is 1. The molecule has 0 N–H and O–H groups in total. The monoisotopic (exact) mass is 377 g/mol. The van der Waals surface area contributed by atoms with Crippen molar-refractivity contribution in [3.63, 3.8) is 0 Å². The van der Waals surface area contributed by atoms with Crippen molar-refractivity contribution in [2.75, 3.05) is 7.05 Å². The molecule has 0 aromatic heterocycles. The topological polar surface area (TPSA) is 72.4 Å². The zero-order valence-corrected chi connectivity index (χ0v) is 16.0. The number of ether oxygens (including phenoxy) is 1. The van der Waals surface area contributed by atoms with Gasteiger partial charge < -0.3 is 4.74 Å². The van der Waals surface area contributed by atoms with Crippen LogP contribution in [0.3, 0.4) is 0 Å². The van der Waals surface area contributed by atoms with Gasteiger partial charge in [0.05, 0.1) is 10.3 Å². The molecule has 6 nitrogen and oxygen atoms in total. The predicted molar refractivity (Wildman–Crippen MR) is 108 cm³/mol. The third-order valence-electron chi connectivity index (χ3n) is 4.95. The molecule has 0 saturated heterocycles. The van der Waals surface area contributed by atoms with Crippen molar-refractivity contribution in [2.45, 2.75) is 19.3 Å². The van der Waals surface area contributed by atoms with Crippen LogP contribution in [-0.2, 0) is 10.2 Å². The quantitative estimate of drug-likeness (QED) is 0.246. The molecule has 0 fully saturated rings. The zero-order chi connectivity index (χ0) is 20.3. The molecule has 2 aromatic carbocycles. The first-order valence-corrected chi connectivity index (χ1v) is 8.80. The Bertz CT molecular complexity index is 1020. The van der Waals surface area contributed by atoms with E-state index in [9.17, 15) is 14.9 Å². The second-order valence-corrected chi connectivity index (χ2v) is 7.03. The van der Waals surface area contributed by atoms with E-state index in [1.165, 1.54) is 12.1 Å². The van der Waals surface area contributed by atoms with Crippen molar-refractivity contribution >= 4 is 29.6 Å². The molecular weight excluding hydrogens is 356 g/mol. The molecule has 0 radical (unpaired) electrons. The molecular formula is C22H21N2O4+. The first kappa shape index (κ1) is 19.2. The zero-order valence-electron chi connectivity index (χ0n) is 16.0. The van der Waals surface area contributed by atoms with Gasteiger partial charge in [0.1, 0.15) is 12.8 Å². The molecule has 1 aliphatic rings. The van der Waals surface area contributed by atoms with Gasteiger partial charge in [0.15, 0.2) is 5.71 Å². The molecule has 0 unspecified atom stereocenters. The maximum absolute atomic E-state index is 10.7. The van der Waals surface area contributed by atoms with Gasteiger partial charge in [-0.1, -0.05) is 18.2 Å². The van der Waals surface area contributed by atoms with Gasteiger partial charge in [-0.2, -0.15) is 4.58 Å². The highest BCUT2D eigenvalue weighted by Crippen LogP contribution is 2.41. The van der Waals surface area contributed by atoms with E-state index in [1.54, 1.807) is 18.2 Å². The molecule has 2 aromatic rings. The van der Waals surface area contributed by atoms with Crippen LogP contribution in [0.5, 0.6) is 5.75 Å². The number of hydrogen-bond donors (Lipinski definition) is 0. The average molecular weight is 377 g/mol. The van der Waals surface area contributed by atoms with Gasteiger partial charge in [-0.25, -0.2) is 0 Å². The number of nitro benzene ring substituents is 1. The summed E-state index contributed by atoms with van der Waals surface area (Å²) in [6, 6.07) is 12.0. The molecule has 0 saturated carbocycles. The number of nitro groups is 1. The number of benzene rings is 2. The maximum Gasteiger partial charge on any atom is 0.298 e. The van der Waals surface area contributed by atoms with Gasteiger partial charge >= 0.3 is 0 Å². The first-order chi connectivity index (χ1) is 13.3. The van der Waals surface area contributed by atoms with Crippen LogP contribution in [0.15, 0.2) is 60.7 Å². The summed E-state index contributed by atoms with van der Waals surface area (Å²) in [5.74, 6) is 0.526. The molecule has 142 valence electrons. The molecule has 6 heteroatoms. The number of allylic oxidation sites excluding steroid dienone is 3. The SMILES string of the molecule is C[N+]1=C(C=CC=Cc2ccc([N+](=O)[O-])cc2)C(C)(C)c2cc(OC=O)ccc21. The summed E-state index contributed by atoms with van der Waals surface area (Å²) in [6.07, 6.45) is 7.79. The maximum atomic E-state index is 10.7. The van der Waals surface area contributed by atoms with E-state index in [0.29, 0.717) is 12.2 Å². The Labute approximate surface area is 163 Å². The molecule has 0 aliphatic carbocycles. The normalized spacial score (nSPS) is 15.2.